The van der Waals surface area contributed by atoms with Crippen LogP contribution in [0.3, 0.4) is 0 Å². The molecule has 1 saturated carbocycles. The Morgan fingerprint density at radius 2 is 1.70 bits per heavy atom. The fraction of sp³-hybridized carbons (Fsp3) is 0.467. The van der Waals surface area contributed by atoms with Gasteiger partial charge in [0.05, 0.1) is 5.41 Å². The van der Waals surface area contributed by atoms with Crippen molar-refractivity contribution in [3.05, 3.63) is 34.9 Å². The maximum Gasteiger partial charge on any atom is 0.233 e. The number of halogens is 1. The summed E-state index contributed by atoms with van der Waals surface area (Å²) >= 11 is 5.91. The van der Waals surface area contributed by atoms with Crippen molar-refractivity contribution < 1.29 is 9.59 Å². The Kier molecular flexibility index (Phi) is 3.42. The monoisotopic (exact) mass is 292 g/mol. The zero-order chi connectivity index (χ0) is 14.2. The molecule has 1 saturated heterocycles. The molecule has 0 spiro atoms. The van der Waals surface area contributed by atoms with E-state index in [0.29, 0.717) is 31.2 Å². The van der Waals surface area contributed by atoms with Gasteiger partial charge in [-0.1, -0.05) is 23.7 Å². The lowest BCUT2D eigenvalue weighted by Crippen LogP contribution is -2.51. The Morgan fingerprint density at radius 1 is 1.10 bits per heavy atom. The van der Waals surface area contributed by atoms with Gasteiger partial charge in [0.2, 0.25) is 12.3 Å². The van der Waals surface area contributed by atoms with Crippen molar-refractivity contribution in [2.45, 2.75) is 18.3 Å². The molecular formula is C15H17ClN2O2. The average molecular weight is 293 g/mol. The number of carbonyl (C=O) groups excluding carboxylic acids is 2. The van der Waals surface area contributed by atoms with E-state index in [1.807, 2.05) is 29.2 Å². The molecule has 0 radical (unpaired) electrons. The first-order chi connectivity index (χ1) is 9.65. The molecule has 0 atom stereocenters. The van der Waals surface area contributed by atoms with Crippen LogP contribution < -0.4 is 0 Å². The molecule has 0 aromatic heterocycles. The summed E-state index contributed by atoms with van der Waals surface area (Å²) < 4.78 is 0. The molecule has 4 nitrogen and oxygen atoms in total. The molecule has 20 heavy (non-hydrogen) atoms. The van der Waals surface area contributed by atoms with Crippen molar-refractivity contribution in [3.8, 4) is 0 Å². The van der Waals surface area contributed by atoms with Crippen LogP contribution in [0.4, 0.5) is 0 Å². The van der Waals surface area contributed by atoms with E-state index in [0.717, 1.165) is 24.8 Å². The predicted octanol–water partition coefficient (Wildman–Crippen LogP) is 1.67. The largest absolute Gasteiger partial charge is 0.342 e. The quantitative estimate of drug-likeness (QED) is 0.795. The molecule has 1 aliphatic heterocycles. The van der Waals surface area contributed by atoms with E-state index in [4.69, 9.17) is 11.6 Å². The van der Waals surface area contributed by atoms with Gasteiger partial charge in [-0.05, 0) is 30.5 Å². The van der Waals surface area contributed by atoms with E-state index in [9.17, 15) is 9.59 Å². The van der Waals surface area contributed by atoms with Crippen LogP contribution in [0.25, 0.3) is 0 Å². The highest BCUT2D eigenvalue weighted by Gasteiger charge is 2.53. The first-order valence-corrected chi connectivity index (χ1v) is 7.28. The molecule has 1 aromatic rings. The third-order valence-corrected chi connectivity index (χ3v) is 4.56. The minimum absolute atomic E-state index is 0.199. The summed E-state index contributed by atoms with van der Waals surface area (Å²) in [4.78, 5) is 27.1. The van der Waals surface area contributed by atoms with Gasteiger partial charge in [-0.25, -0.2) is 0 Å². The van der Waals surface area contributed by atoms with Gasteiger partial charge in [-0.15, -0.1) is 0 Å². The maximum absolute atomic E-state index is 12.7. The number of nitrogens with zero attached hydrogens (tertiary/aromatic N) is 2. The fourth-order valence-corrected chi connectivity index (χ4v) is 2.98. The number of amides is 2. The number of piperazine rings is 1. The zero-order valence-electron chi connectivity index (χ0n) is 11.2. The van der Waals surface area contributed by atoms with Crippen LogP contribution in [0.15, 0.2) is 24.3 Å². The van der Waals surface area contributed by atoms with Crippen LogP contribution in [0.5, 0.6) is 0 Å². The van der Waals surface area contributed by atoms with Gasteiger partial charge in [0, 0.05) is 31.2 Å². The van der Waals surface area contributed by atoms with Crippen LogP contribution >= 0.6 is 11.6 Å². The molecule has 0 N–H and O–H groups in total. The Bertz CT molecular complexity index is 517. The van der Waals surface area contributed by atoms with Gasteiger partial charge < -0.3 is 9.80 Å². The number of rotatable bonds is 3. The highest BCUT2D eigenvalue weighted by Crippen LogP contribution is 2.49. The minimum atomic E-state index is -0.339. The lowest BCUT2D eigenvalue weighted by atomic mass is 9.94. The molecule has 0 unspecified atom stereocenters. The van der Waals surface area contributed by atoms with Crippen molar-refractivity contribution in [1.82, 2.24) is 9.80 Å². The van der Waals surface area contributed by atoms with Crippen molar-refractivity contribution in [2.75, 3.05) is 26.2 Å². The second-order valence-corrected chi connectivity index (χ2v) is 5.96. The SMILES string of the molecule is O=CN1CCN(C(=O)C2(c3ccc(Cl)cc3)CC2)CC1. The van der Waals surface area contributed by atoms with E-state index in [1.54, 1.807) is 4.90 Å². The molecule has 0 bridgehead atoms. The second-order valence-electron chi connectivity index (χ2n) is 5.52. The summed E-state index contributed by atoms with van der Waals surface area (Å²) in [7, 11) is 0. The summed E-state index contributed by atoms with van der Waals surface area (Å²) in [6, 6.07) is 7.59. The highest BCUT2D eigenvalue weighted by molar-refractivity contribution is 6.30. The average Bonchev–Trinajstić information content (AvgIpc) is 3.29. The lowest BCUT2D eigenvalue weighted by molar-refractivity contribution is -0.137. The summed E-state index contributed by atoms with van der Waals surface area (Å²) in [5.74, 6) is 0.199. The smallest absolute Gasteiger partial charge is 0.233 e. The van der Waals surface area contributed by atoms with Crippen LogP contribution in [-0.2, 0) is 15.0 Å². The van der Waals surface area contributed by atoms with Crippen molar-refractivity contribution in [1.29, 1.82) is 0 Å². The first-order valence-electron chi connectivity index (χ1n) is 6.90. The Hall–Kier alpha value is -1.55. The van der Waals surface area contributed by atoms with Crippen molar-refractivity contribution in [2.24, 2.45) is 0 Å². The predicted molar refractivity (Wildman–Crippen MR) is 76.6 cm³/mol. The third kappa shape index (κ3) is 2.29. The van der Waals surface area contributed by atoms with Crippen LogP contribution in [0.2, 0.25) is 5.02 Å². The summed E-state index contributed by atoms with van der Waals surface area (Å²) in [6.07, 6.45) is 2.66. The molecule has 1 aromatic carbocycles. The van der Waals surface area contributed by atoms with E-state index >= 15 is 0 Å². The summed E-state index contributed by atoms with van der Waals surface area (Å²) in [5.41, 5.74) is 0.721. The van der Waals surface area contributed by atoms with E-state index in [1.165, 1.54) is 0 Å². The molecule has 2 aliphatic rings. The lowest BCUT2D eigenvalue weighted by Gasteiger charge is -2.35. The van der Waals surface area contributed by atoms with E-state index in [2.05, 4.69) is 0 Å². The molecule has 106 valence electrons. The van der Waals surface area contributed by atoms with Gasteiger partial charge in [0.15, 0.2) is 0 Å². The normalized spacial score (nSPS) is 20.6. The van der Waals surface area contributed by atoms with Gasteiger partial charge in [0.1, 0.15) is 0 Å². The molecule has 1 heterocycles. The van der Waals surface area contributed by atoms with Crippen LogP contribution in [0, 0.1) is 0 Å². The molecule has 2 amide bonds. The number of hydrogen-bond donors (Lipinski definition) is 0. The number of carbonyl (C=O) groups is 2. The molecule has 2 fully saturated rings. The van der Waals surface area contributed by atoms with E-state index < -0.39 is 0 Å². The van der Waals surface area contributed by atoms with Crippen LogP contribution in [-0.4, -0.2) is 48.3 Å². The standard InChI is InChI=1S/C15H17ClN2O2/c16-13-3-1-12(2-4-13)15(5-6-15)14(20)18-9-7-17(11-19)8-10-18/h1-4,11H,5-10H2. The van der Waals surface area contributed by atoms with Crippen molar-refractivity contribution in [3.63, 3.8) is 0 Å². The van der Waals surface area contributed by atoms with Crippen LogP contribution in [0.1, 0.15) is 18.4 Å². The van der Waals surface area contributed by atoms with Gasteiger partial charge >= 0.3 is 0 Å². The Morgan fingerprint density at radius 3 is 2.20 bits per heavy atom. The molecule has 1 aliphatic carbocycles. The third-order valence-electron chi connectivity index (χ3n) is 4.31. The summed E-state index contributed by atoms with van der Waals surface area (Å²) in [6.45, 7) is 2.53. The Balaban J connectivity index is 1.74. The zero-order valence-corrected chi connectivity index (χ0v) is 12.0. The fourth-order valence-electron chi connectivity index (χ4n) is 2.85. The molecular weight excluding hydrogens is 276 g/mol. The maximum atomic E-state index is 12.7. The summed E-state index contributed by atoms with van der Waals surface area (Å²) in [5, 5.41) is 0.691. The van der Waals surface area contributed by atoms with E-state index in [-0.39, 0.29) is 11.3 Å². The van der Waals surface area contributed by atoms with Crippen molar-refractivity contribution >= 4 is 23.9 Å². The minimum Gasteiger partial charge on any atom is -0.342 e. The highest BCUT2D eigenvalue weighted by atomic mass is 35.5. The molecule has 3 rings (SSSR count). The van der Waals surface area contributed by atoms with Gasteiger partial charge in [-0.2, -0.15) is 0 Å². The van der Waals surface area contributed by atoms with Gasteiger partial charge in [0.25, 0.3) is 0 Å². The number of hydrogen-bond acceptors (Lipinski definition) is 2. The number of benzene rings is 1. The topological polar surface area (TPSA) is 40.6 Å². The Labute approximate surface area is 123 Å². The first kappa shape index (κ1) is 13.4. The van der Waals surface area contributed by atoms with Gasteiger partial charge in [-0.3, -0.25) is 9.59 Å². The molecule has 5 heteroatoms. The second kappa shape index (κ2) is 5.09.